The van der Waals surface area contributed by atoms with E-state index in [4.69, 9.17) is 21.3 Å². The van der Waals surface area contributed by atoms with Crippen molar-refractivity contribution in [3.05, 3.63) is 59.4 Å². The molecule has 0 aliphatic rings. The average molecular weight is 356 g/mol. The number of rotatable bonds is 5. The molecule has 0 aliphatic heterocycles. The molecule has 1 amide bonds. The van der Waals surface area contributed by atoms with Gasteiger partial charge in [-0.1, -0.05) is 17.7 Å². The minimum atomic E-state index is -0.299. The molecule has 3 aromatic rings. The minimum absolute atomic E-state index is 0.151. The molecule has 25 heavy (non-hydrogen) atoms. The zero-order chi connectivity index (χ0) is 17.8. The highest BCUT2D eigenvalue weighted by atomic mass is 35.5. The molecule has 1 N–H and O–H groups in total. The largest absolute Gasteiger partial charge is 0.451 e. The fourth-order valence-electron chi connectivity index (χ4n) is 2.33. The number of nitriles is 1. The number of hydrogen-bond donors (Lipinski definition) is 1. The van der Waals surface area contributed by atoms with Gasteiger partial charge in [-0.2, -0.15) is 10.4 Å². The number of hydrogen-bond acceptors (Lipinski definition) is 5. The summed E-state index contributed by atoms with van der Waals surface area (Å²) >= 11 is 6.06. The van der Waals surface area contributed by atoms with Crippen LogP contribution >= 0.6 is 11.6 Å². The molecule has 3 rings (SSSR count). The second kappa shape index (κ2) is 7.20. The van der Waals surface area contributed by atoms with E-state index in [1.165, 1.54) is 12.7 Å². The standard InChI is InChI=1S/C17H14ClN5O2/c1-11(21-17(24)16-9-25-10-20-16)8-23-5-4-15(22-23)12-2-3-13(7-19)14(18)6-12/h2-6,9-11H,8H2,1H3,(H,21,24)/t11-/m0/s1. The van der Waals surface area contributed by atoms with Crippen LogP contribution in [0.2, 0.25) is 5.02 Å². The molecule has 0 saturated carbocycles. The third kappa shape index (κ3) is 3.87. The molecule has 0 radical (unpaired) electrons. The molecule has 1 atom stereocenters. The van der Waals surface area contributed by atoms with E-state index in [1.807, 2.05) is 25.3 Å². The number of carbonyl (C=O) groups excluding carboxylic acids is 1. The highest BCUT2D eigenvalue weighted by Crippen LogP contribution is 2.24. The van der Waals surface area contributed by atoms with E-state index in [-0.39, 0.29) is 17.6 Å². The number of benzene rings is 1. The SMILES string of the molecule is C[C@@H](Cn1ccc(-c2ccc(C#N)c(Cl)c2)n1)NC(=O)c1cocn1. The molecular weight excluding hydrogens is 342 g/mol. The summed E-state index contributed by atoms with van der Waals surface area (Å²) in [5.41, 5.74) is 2.22. The molecule has 0 spiro atoms. The van der Waals surface area contributed by atoms with Gasteiger partial charge in [0.2, 0.25) is 0 Å². The fourth-order valence-corrected chi connectivity index (χ4v) is 2.55. The highest BCUT2D eigenvalue weighted by molar-refractivity contribution is 6.32. The van der Waals surface area contributed by atoms with Gasteiger partial charge in [0, 0.05) is 17.8 Å². The van der Waals surface area contributed by atoms with Crippen molar-refractivity contribution in [1.82, 2.24) is 20.1 Å². The number of aromatic nitrogens is 3. The first-order valence-electron chi connectivity index (χ1n) is 7.49. The smallest absolute Gasteiger partial charge is 0.273 e. The van der Waals surface area contributed by atoms with Gasteiger partial charge in [-0.15, -0.1) is 0 Å². The summed E-state index contributed by atoms with van der Waals surface area (Å²) in [6, 6.07) is 8.90. The summed E-state index contributed by atoms with van der Waals surface area (Å²) in [4.78, 5) is 15.7. The summed E-state index contributed by atoms with van der Waals surface area (Å²) in [5.74, 6) is -0.299. The summed E-state index contributed by atoms with van der Waals surface area (Å²) < 4.78 is 6.52. The van der Waals surface area contributed by atoms with Crippen LogP contribution in [0.3, 0.4) is 0 Å². The van der Waals surface area contributed by atoms with E-state index in [0.717, 1.165) is 11.3 Å². The number of nitrogens with zero attached hydrogens (tertiary/aromatic N) is 4. The highest BCUT2D eigenvalue weighted by Gasteiger charge is 2.13. The Labute approximate surface area is 148 Å². The van der Waals surface area contributed by atoms with E-state index in [2.05, 4.69) is 15.4 Å². The fraction of sp³-hybridized carbons (Fsp3) is 0.176. The maximum absolute atomic E-state index is 11.9. The summed E-state index contributed by atoms with van der Waals surface area (Å²) in [6.45, 7) is 2.37. The van der Waals surface area contributed by atoms with Crippen molar-refractivity contribution in [3.63, 3.8) is 0 Å². The maximum Gasteiger partial charge on any atom is 0.273 e. The van der Waals surface area contributed by atoms with Gasteiger partial charge in [0.1, 0.15) is 12.3 Å². The Hall–Kier alpha value is -3.11. The van der Waals surface area contributed by atoms with Crippen LogP contribution in [0.5, 0.6) is 0 Å². The predicted molar refractivity (Wildman–Crippen MR) is 90.8 cm³/mol. The van der Waals surface area contributed by atoms with Gasteiger partial charge < -0.3 is 9.73 Å². The molecule has 0 saturated heterocycles. The zero-order valence-electron chi connectivity index (χ0n) is 13.3. The van der Waals surface area contributed by atoms with Gasteiger partial charge in [0.25, 0.3) is 5.91 Å². The van der Waals surface area contributed by atoms with E-state index < -0.39 is 0 Å². The lowest BCUT2D eigenvalue weighted by Gasteiger charge is -2.12. The molecule has 126 valence electrons. The Morgan fingerprint density at radius 2 is 2.32 bits per heavy atom. The Kier molecular flexibility index (Phi) is 4.82. The number of amides is 1. The van der Waals surface area contributed by atoms with E-state index in [1.54, 1.807) is 22.9 Å². The van der Waals surface area contributed by atoms with E-state index in [9.17, 15) is 4.79 Å². The second-order valence-electron chi connectivity index (χ2n) is 5.48. The van der Waals surface area contributed by atoms with Crippen molar-refractivity contribution in [3.8, 4) is 17.3 Å². The number of nitrogens with one attached hydrogen (secondary N) is 1. The van der Waals surface area contributed by atoms with Crippen LogP contribution < -0.4 is 5.32 Å². The number of halogens is 1. The lowest BCUT2D eigenvalue weighted by Crippen LogP contribution is -2.36. The zero-order valence-corrected chi connectivity index (χ0v) is 14.1. The van der Waals surface area contributed by atoms with Gasteiger partial charge in [0.05, 0.1) is 22.8 Å². The molecule has 1 aromatic carbocycles. The van der Waals surface area contributed by atoms with Crippen molar-refractivity contribution >= 4 is 17.5 Å². The lowest BCUT2D eigenvalue weighted by molar-refractivity contribution is 0.0931. The first kappa shape index (κ1) is 16.7. The molecule has 2 aromatic heterocycles. The first-order valence-corrected chi connectivity index (χ1v) is 7.87. The summed E-state index contributed by atoms with van der Waals surface area (Å²) in [5, 5.41) is 16.6. The molecule has 8 heteroatoms. The Balaban J connectivity index is 1.66. The molecule has 2 heterocycles. The van der Waals surface area contributed by atoms with Crippen LogP contribution in [0.15, 0.2) is 47.5 Å². The minimum Gasteiger partial charge on any atom is -0.451 e. The normalized spacial score (nSPS) is 11.7. The second-order valence-corrected chi connectivity index (χ2v) is 5.88. The molecule has 0 unspecified atom stereocenters. The van der Waals surface area contributed by atoms with Crippen molar-refractivity contribution in [2.75, 3.05) is 0 Å². The monoisotopic (exact) mass is 355 g/mol. The average Bonchev–Trinajstić information content (AvgIpc) is 3.26. The topological polar surface area (TPSA) is 96.7 Å². The van der Waals surface area contributed by atoms with Crippen molar-refractivity contribution in [2.24, 2.45) is 0 Å². The third-order valence-corrected chi connectivity index (χ3v) is 3.84. The first-order chi connectivity index (χ1) is 12.1. The number of carbonyl (C=O) groups is 1. The molecule has 0 bridgehead atoms. The predicted octanol–water partition coefficient (Wildman–Crippen LogP) is 2.88. The van der Waals surface area contributed by atoms with Crippen molar-refractivity contribution < 1.29 is 9.21 Å². The van der Waals surface area contributed by atoms with Crippen LogP contribution in [0.4, 0.5) is 0 Å². The quantitative estimate of drug-likeness (QED) is 0.759. The van der Waals surface area contributed by atoms with Crippen LogP contribution in [0.25, 0.3) is 11.3 Å². The van der Waals surface area contributed by atoms with Gasteiger partial charge in [-0.3, -0.25) is 9.48 Å². The molecule has 0 aliphatic carbocycles. The van der Waals surface area contributed by atoms with Crippen LogP contribution in [0.1, 0.15) is 23.0 Å². The Bertz CT molecular complexity index is 927. The third-order valence-electron chi connectivity index (χ3n) is 3.53. The van der Waals surface area contributed by atoms with Gasteiger partial charge in [0.15, 0.2) is 12.1 Å². The molecule has 0 fully saturated rings. The van der Waals surface area contributed by atoms with Crippen LogP contribution in [-0.2, 0) is 6.54 Å². The summed E-state index contributed by atoms with van der Waals surface area (Å²) in [6.07, 6.45) is 4.32. The van der Waals surface area contributed by atoms with Gasteiger partial charge in [-0.25, -0.2) is 4.98 Å². The van der Waals surface area contributed by atoms with Crippen LogP contribution in [0, 0.1) is 11.3 Å². The maximum atomic E-state index is 11.9. The summed E-state index contributed by atoms with van der Waals surface area (Å²) in [7, 11) is 0. The van der Waals surface area contributed by atoms with E-state index in [0.29, 0.717) is 17.1 Å². The van der Waals surface area contributed by atoms with Crippen LogP contribution in [-0.4, -0.2) is 26.7 Å². The Morgan fingerprint density at radius 1 is 1.48 bits per heavy atom. The molecular formula is C17H14ClN5O2. The van der Waals surface area contributed by atoms with Crippen molar-refractivity contribution in [1.29, 1.82) is 5.26 Å². The lowest BCUT2D eigenvalue weighted by atomic mass is 10.1. The van der Waals surface area contributed by atoms with Gasteiger partial charge in [-0.05, 0) is 25.1 Å². The van der Waals surface area contributed by atoms with Crippen molar-refractivity contribution in [2.45, 2.75) is 19.5 Å². The Morgan fingerprint density at radius 3 is 3.00 bits per heavy atom. The molecule has 7 nitrogen and oxygen atoms in total. The van der Waals surface area contributed by atoms with Gasteiger partial charge >= 0.3 is 0 Å². The van der Waals surface area contributed by atoms with E-state index >= 15 is 0 Å². The number of oxazole rings is 1.